The van der Waals surface area contributed by atoms with Gasteiger partial charge >= 0.3 is 0 Å². The molecule has 0 spiro atoms. The zero-order valence-corrected chi connectivity index (χ0v) is 11.1. The Balaban J connectivity index is 0.00000106. The second-order valence-corrected chi connectivity index (χ2v) is 3.66. The van der Waals surface area contributed by atoms with E-state index in [2.05, 4.69) is 49.4 Å². The van der Waals surface area contributed by atoms with Crippen molar-refractivity contribution in [3.8, 4) is 0 Å². The molecule has 1 aromatic carbocycles. The Morgan fingerprint density at radius 2 is 1.62 bits per heavy atom. The van der Waals surface area contributed by atoms with Crippen LogP contribution in [-0.2, 0) is 0 Å². The fourth-order valence-electron chi connectivity index (χ4n) is 1.47. The van der Waals surface area contributed by atoms with E-state index in [-0.39, 0.29) is 0 Å². The van der Waals surface area contributed by atoms with Crippen LogP contribution in [0.25, 0.3) is 6.08 Å². The molecule has 0 aliphatic rings. The van der Waals surface area contributed by atoms with Gasteiger partial charge < -0.3 is 0 Å². The van der Waals surface area contributed by atoms with Crippen LogP contribution in [0.3, 0.4) is 0 Å². The second-order valence-electron chi connectivity index (χ2n) is 3.66. The molecule has 90 valence electrons. The van der Waals surface area contributed by atoms with Gasteiger partial charge in [0.25, 0.3) is 0 Å². The summed E-state index contributed by atoms with van der Waals surface area (Å²) in [5.74, 6) is 0. The van der Waals surface area contributed by atoms with Gasteiger partial charge in [-0.15, -0.1) is 0 Å². The van der Waals surface area contributed by atoms with Gasteiger partial charge in [0, 0.05) is 0 Å². The summed E-state index contributed by atoms with van der Waals surface area (Å²) in [7, 11) is 0. The van der Waals surface area contributed by atoms with Crippen LogP contribution in [0.4, 0.5) is 0 Å². The van der Waals surface area contributed by atoms with Crippen LogP contribution < -0.4 is 0 Å². The number of benzene rings is 1. The SMILES string of the molecule is CC.CCCCCC/C=C/c1ccccc1. The highest BCUT2D eigenvalue weighted by Gasteiger charge is 1.85. The monoisotopic (exact) mass is 218 g/mol. The predicted octanol–water partition coefficient (Wildman–Crippen LogP) is 5.70. The number of hydrogen-bond acceptors (Lipinski definition) is 0. The third-order valence-corrected chi connectivity index (χ3v) is 2.33. The minimum Gasteiger partial charge on any atom is -0.0839 e. The van der Waals surface area contributed by atoms with Crippen LogP contribution >= 0.6 is 0 Å². The molecule has 0 aliphatic carbocycles. The summed E-state index contributed by atoms with van der Waals surface area (Å²) in [4.78, 5) is 0. The lowest BCUT2D eigenvalue weighted by molar-refractivity contribution is 0.675. The highest BCUT2D eigenvalue weighted by molar-refractivity contribution is 5.48. The Morgan fingerprint density at radius 1 is 0.938 bits per heavy atom. The Hall–Kier alpha value is -1.04. The van der Waals surface area contributed by atoms with Crippen molar-refractivity contribution in [2.75, 3.05) is 0 Å². The predicted molar refractivity (Wildman–Crippen MR) is 75.6 cm³/mol. The van der Waals surface area contributed by atoms with Gasteiger partial charge in [0.2, 0.25) is 0 Å². The molecular weight excluding hydrogens is 192 g/mol. The van der Waals surface area contributed by atoms with Crippen LogP contribution in [0.2, 0.25) is 0 Å². The summed E-state index contributed by atoms with van der Waals surface area (Å²) in [6.07, 6.45) is 11.1. The summed E-state index contributed by atoms with van der Waals surface area (Å²) >= 11 is 0. The van der Waals surface area contributed by atoms with E-state index in [1.807, 2.05) is 13.8 Å². The largest absolute Gasteiger partial charge is 0.0839 e. The molecule has 0 amide bonds. The van der Waals surface area contributed by atoms with Crippen LogP contribution in [0.1, 0.15) is 58.4 Å². The second kappa shape index (κ2) is 12.0. The Kier molecular flexibility index (Phi) is 11.2. The third kappa shape index (κ3) is 8.28. The molecule has 0 unspecified atom stereocenters. The van der Waals surface area contributed by atoms with Gasteiger partial charge in [0.1, 0.15) is 0 Å². The number of unbranched alkanes of at least 4 members (excludes halogenated alkanes) is 4. The highest BCUT2D eigenvalue weighted by atomic mass is 13.9. The van der Waals surface area contributed by atoms with Gasteiger partial charge in [0.15, 0.2) is 0 Å². The van der Waals surface area contributed by atoms with Gasteiger partial charge in [-0.2, -0.15) is 0 Å². The maximum absolute atomic E-state index is 2.28. The van der Waals surface area contributed by atoms with Crippen molar-refractivity contribution < 1.29 is 0 Å². The Labute approximate surface area is 101 Å². The van der Waals surface area contributed by atoms with E-state index >= 15 is 0 Å². The molecule has 0 heteroatoms. The molecule has 0 saturated heterocycles. The van der Waals surface area contributed by atoms with E-state index in [0.717, 1.165) is 0 Å². The lowest BCUT2D eigenvalue weighted by atomic mass is 10.1. The molecular formula is C16H26. The van der Waals surface area contributed by atoms with E-state index in [4.69, 9.17) is 0 Å². The Morgan fingerprint density at radius 3 is 2.25 bits per heavy atom. The van der Waals surface area contributed by atoms with E-state index in [1.54, 1.807) is 0 Å². The molecule has 0 N–H and O–H groups in total. The maximum Gasteiger partial charge on any atom is -0.0260 e. The van der Waals surface area contributed by atoms with Crippen LogP contribution in [0.5, 0.6) is 0 Å². The van der Waals surface area contributed by atoms with Crippen LogP contribution in [0, 0.1) is 0 Å². The molecule has 0 aliphatic heterocycles. The van der Waals surface area contributed by atoms with Crippen LogP contribution in [0.15, 0.2) is 36.4 Å². The minimum absolute atomic E-state index is 1.22. The molecule has 0 bridgehead atoms. The molecule has 0 aromatic heterocycles. The third-order valence-electron chi connectivity index (χ3n) is 2.33. The standard InChI is InChI=1S/C14H20.C2H6/c1-2-3-4-5-6-8-11-14-12-9-7-10-13-14;1-2/h7-13H,2-6H2,1H3;1-2H3/b11-8+;. The summed E-state index contributed by atoms with van der Waals surface area (Å²) in [6, 6.07) is 10.5. The highest BCUT2D eigenvalue weighted by Crippen LogP contribution is 2.06. The minimum atomic E-state index is 1.22. The number of rotatable bonds is 6. The van der Waals surface area contributed by atoms with E-state index < -0.39 is 0 Å². The van der Waals surface area contributed by atoms with Gasteiger partial charge in [-0.1, -0.05) is 82.5 Å². The quantitative estimate of drug-likeness (QED) is 0.537. The van der Waals surface area contributed by atoms with Gasteiger partial charge in [0.05, 0.1) is 0 Å². The lowest BCUT2D eigenvalue weighted by Gasteiger charge is -1.94. The van der Waals surface area contributed by atoms with Gasteiger partial charge in [-0.25, -0.2) is 0 Å². The smallest absolute Gasteiger partial charge is 0.0260 e. The first-order chi connectivity index (χ1) is 7.93. The van der Waals surface area contributed by atoms with Gasteiger partial charge in [-0.05, 0) is 18.4 Å². The average molecular weight is 218 g/mol. The van der Waals surface area contributed by atoms with Crippen molar-refractivity contribution in [3.63, 3.8) is 0 Å². The van der Waals surface area contributed by atoms with E-state index in [1.165, 1.54) is 37.7 Å². The summed E-state index contributed by atoms with van der Waals surface area (Å²) in [5.41, 5.74) is 1.31. The molecule has 0 saturated carbocycles. The molecule has 0 radical (unpaired) electrons. The summed E-state index contributed by atoms with van der Waals surface area (Å²) in [6.45, 7) is 6.25. The molecule has 1 rings (SSSR count). The van der Waals surface area contributed by atoms with Crippen molar-refractivity contribution in [2.24, 2.45) is 0 Å². The topological polar surface area (TPSA) is 0 Å². The molecule has 16 heavy (non-hydrogen) atoms. The summed E-state index contributed by atoms with van der Waals surface area (Å²) < 4.78 is 0. The zero-order chi connectivity index (χ0) is 12.1. The maximum atomic E-state index is 2.28. The van der Waals surface area contributed by atoms with E-state index in [0.29, 0.717) is 0 Å². The first-order valence-electron chi connectivity index (χ1n) is 6.65. The Bertz CT molecular complexity index is 246. The van der Waals surface area contributed by atoms with Crippen molar-refractivity contribution in [1.82, 2.24) is 0 Å². The summed E-state index contributed by atoms with van der Waals surface area (Å²) in [5, 5.41) is 0. The molecule has 1 aromatic rings. The first kappa shape index (κ1) is 15.0. The molecule has 0 nitrogen and oxygen atoms in total. The average Bonchev–Trinajstić information content (AvgIpc) is 2.37. The molecule has 0 heterocycles. The van der Waals surface area contributed by atoms with Crippen molar-refractivity contribution in [1.29, 1.82) is 0 Å². The normalized spacial score (nSPS) is 9.94. The molecule has 0 atom stereocenters. The van der Waals surface area contributed by atoms with Crippen LogP contribution in [-0.4, -0.2) is 0 Å². The fraction of sp³-hybridized carbons (Fsp3) is 0.500. The van der Waals surface area contributed by atoms with Crippen molar-refractivity contribution in [3.05, 3.63) is 42.0 Å². The molecule has 0 fully saturated rings. The van der Waals surface area contributed by atoms with Crippen molar-refractivity contribution >= 4 is 6.08 Å². The number of hydrogen-bond donors (Lipinski definition) is 0. The van der Waals surface area contributed by atoms with Crippen molar-refractivity contribution in [2.45, 2.75) is 52.9 Å². The first-order valence-corrected chi connectivity index (χ1v) is 6.65. The lowest BCUT2D eigenvalue weighted by Crippen LogP contribution is -1.74. The van der Waals surface area contributed by atoms with Gasteiger partial charge in [-0.3, -0.25) is 0 Å². The number of allylic oxidation sites excluding steroid dienone is 1. The zero-order valence-electron chi connectivity index (χ0n) is 11.1. The van der Waals surface area contributed by atoms with E-state index in [9.17, 15) is 0 Å². The fourth-order valence-corrected chi connectivity index (χ4v) is 1.47.